The Labute approximate surface area is 113 Å². The normalized spacial score (nSPS) is 25.5. The topological polar surface area (TPSA) is 18.5 Å². The lowest BCUT2D eigenvalue weighted by Crippen LogP contribution is -2.33. The molecule has 0 bridgehead atoms. The molecule has 1 saturated carbocycles. The Balaban J connectivity index is 1.96. The number of halogens is 4. The van der Waals surface area contributed by atoms with Crippen LogP contribution in [0.1, 0.15) is 36.8 Å². The van der Waals surface area contributed by atoms with Crippen molar-refractivity contribution < 1.29 is 27.3 Å². The van der Waals surface area contributed by atoms with E-state index in [-0.39, 0.29) is 11.7 Å². The summed E-state index contributed by atoms with van der Waals surface area (Å²) in [5, 5.41) is 0. The predicted octanol–water partition coefficient (Wildman–Crippen LogP) is 3.99. The minimum atomic E-state index is -4.47. The first-order valence-electron chi connectivity index (χ1n) is 6.59. The third-order valence-corrected chi connectivity index (χ3v) is 4.11. The van der Waals surface area contributed by atoms with E-state index >= 15 is 0 Å². The van der Waals surface area contributed by atoms with Gasteiger partial charge in [-0.2, -0.15) is 13.2 Å². The molecule has 3 rings (SSSR count). The van der Waals surface area contributed by atoms with Crippen LogP contribution >= 0.6 is 0 Å². The molecular formula is C14H14F4O2. The third-order valence-electron chi connectivity index (χ3n) is 4.11. The summed E-state index contributed by atoms with van der Waals surface area (Å²) < 4.78 is 52.3. The van der Waals surface area contributed by atoms with Crippen LogP contribution in [0.2, 0.25) is 0 Å². The van der Waals surface area contributed by atoms with Gasteiger partial charge in [0.15, 0.2) is 0 Å². The van der Waals surface area contributed by atoms with E-state index in [1.54, 1.807) is 0 Å². The smallest absolute Gasteiger partial charge is 0.236 e. The molecular weight excluding hydrogens is 276 g/mol. The van der Waals surface area contributed by atoms with Gasteiger partial charge in [-0.3, -0.25) is 0 Å². The third kappa shape index (κ3) is 2.31. The Morgan fingerprint density at radius 1 is 1.20 bits per heavy atom. The number of alkyl halides is 3. The second-order valence-electron chi connectivity index (χ2n) is 5.40. The average molecular weight is 290 g/mol. The van der Waals surface area contributed by atoms with Crippen LogP contribution in [0.5, 0.6) is 0 Å². The van der Waals surface area contributed by atoms with Crippen LogP contribution in [0.25, 0.3) is 0 Å². The van der Waals surface area contributed by atoms with Crippen molar-refractivity contribution in [3.63, 3.8) is 0 Å². The molecule has 0 aromatic heterocycles. The molecule has 6 heteroatoms. The molecule has 0 spiro atoms. The zero-order valence-corrected chi connectivity index (χ0v) is 10.7. The quantitative estimate of drug-likeness (QED) is 0.606. The molecule has 0 radical (unpaired) electrons. The SMILES string of the molecule is Fc1ccc(C(F)(F)F)cc1C1(C2CCCOO2)CC1. The van der Waals surface area contributed by atoms with Crippen molar-refractivity contribution >= 4 is 0 Å². The van der Waals surface area contributed by atoms with Gasteiger partial charge in [-0.1, -0.05) is 0 Å². The van der Waals surface area contributed by atoms with Gasteiger partial charge in [0, 0.05) is 5.41 Å². The summed E-state index contributed by atoms with van der Waals surface area (Å²) >= 11 is 0. The highest BCUT2D eigenvalue weighted by atomic mass is 19.4. The lowest BCUT2D eigenvalue weighted by molar-refractivity contribution is -0.351. The van der Waals surface area contributed by atoms with E-state index in [4.69, 9.17) is 9.78 Å². The highest BCUT2D eigenvalue weighted by Gasteiger charge is 2.54. The van der Waals surface area contributed by atoms with Crippen LogP contribution < -0.4 is 0 Å². The van der Waals surface area contributed by atoms with E-state index in [0.717, 1.165) is 24.6 Å². The molecule has 1 heterocycles. The van der Waals surface area contributed by atoms with E-state index in [1.165, 1.54) is 0 Å². The molecule has 1 unspecified atom stereocenters. The van der Waals surface area contributed by atoms with Crippen molar-refractivity contribution in [2.24, 2.45) is 0 Å². The van der Waals surface area contributed by atoms with Crippen molar-refractivity contribution in [1.82, 2.24) is 0 Å². The Kier molecular flexibility index (Phi) is 3.25. The van der Waals surface area contributed by atoms with E-state index in [1.807, 2.05) is 0 Å². The zero-order valence-electron chi connectivity index (χ0n) is 10.7. The summed E-state index contributed by atoms with van der Waals surface area (Å²) in [4.78, 5) is 10.1. The van der Waals surface area contributed by atoms with Crippen molar-refractivity contribution in [2.75, 3.05) is 6.61 Å². The van der Waals surface area contributed by atoms with Gasteiger partial charge in [-0.05, 0) is 49.4 Å². The first-order chi connectivity index (χ1) is 9.43. The number of rotatable bonds is 2. The first kappa shape index (κ1) is 13.8. The molecule has 1 aliphatic carbocycles. The standard InChI is InChI=1S/C14H14F4O2/c15-11-4-3-9(14(16,17)18)8-10(11)13(5-6-13)12-2-1-7-19-20-12/h3-4,8,12H,1-2,5-7H2. The summed E-state index contributed by atoms with van der Waals surface area (Å²) in [6.07, 6.45) is -2.14. The van der Waals surface area contributed by atoms with E-state index in [9.17, 15) is 17.6 Å². The fourth-order valence-electron chi connectivity index (χ4n) is 2.86. The maximum Gasteiger partial charge on any atom is 0.416 e. The summed E-state index contributed by atoms with van der Waals surface area (Å²) in [5.41, 5.74) is -1.38. The Morgan fingerprint density at radius 3 is 2.50 bits per heavy atom. The van der Waals surface area contributed by atoms with Crippen LogP contribution in [0.4, 0.5) is 17.6 Å². The Morgan fingerprint density at radius 2 is 1.95 bits per heavy atom. The fraction of sp³-hybridized carbons (Fsp3) is 0.571. The maximum atomic E-state index is 14.0. The second-order valence-corrected chi connectivity index (χ2v) is 5.40. The minimum Gasteiger partial charge on any atom is -0.236 e. The van der Waals surface area contributed by atoms with Crippen molar-refractivity contribution in [3.8, 4) is 0 Å². The van der Waals surface area contributed by atoms with Crippen LogP contribution in [0.15, 0.2) is 18.2 Å². The van der Waals surface area contributed by atoms with Gasteiger partial charge in [0.05, 0.1) is 12.2 Å². The van der Waals surface area contributed by atoms with E-state index in [0.29, 0.717) is 25.9 Å². The van der Waals surface area contributed by atoms with Gasteiger partial charge in [-0.15, -0.1) is 0 Å². The molecule has 1 aliphatic heterocycles. The van der Waals surface area contributed by atoms with Gasteiger partial charge in [0.25, 0.3) is 0 Å². The fourth-order valence-corrected chi connectivity index (χ4v) is 2.86. The summed E-state index contributed by atoms with van der Waals surface area (Å²) in [6, 6.07) is 2.58. The molecule has 110 valence electrons. The van der Waals surface area contributed by atoms with Crippen molar-refractivity contribution in [1.29, 1.82) is 0 Å². The highest BCUT2D eigenvalue weighted by molar-refractivity contribution is 5.38. The van der Waals surface area contributed by atoms with Crippen molar-refractivity contribution in [2.45, 2.75) is 43.4 Å². The highest BCUT2D eigenvalue weighted by Crippen LogP contribution is 2.55. The molecule has 0 amide bonds. The van der Waals surface area contributed by atoms with Crippen LogP contribution in [0.3, 0.4) is 0 Å². The van der Waals surface area contributed by atoms with Gasteiger partial charge in [-0.25, -0.2) is 14.2 Å². The van der Waals surface area contributed by atoms with Gasteiger partial charge < -0.3 is 0 Å². The van der Waals surface area contributed by atoms with Crippen molar-refractivity contribution in [3.05, 3.63) is 35.1 Å². The molecule has 1 aromatic carbocycles. The molecule has 1 aromatic rings. The largest absolute Gasteiger partial charge is 0.416 e. The predicted molar refractivity (Wildman–Crippen MR) is 62.4 cm³/mol. The van der Waals surface area contributed by atoms with Gasteiger partial charge in [0.1, 0.15) is 11.9 Å². The number of hydrogen-bond acceptors (Lipinski definition) is 2. The number of hydrogen-bond donors (Lipinski definition) is 0. The van der Waals surface area contributed by atoms with Gasteiger partial charge in [0.2, 0.25) is 0 Å². The second kappa shape index (κ2) is 4.70. The molecule has 0 N–H and O–H groups in total. The minimum absolute atomic E-state index is 0.0998. The first-order valence-corrected chi connectivity index (χ1v) is 6.59. The van der Waals surface area contributed by atoms with E-state index < -0.39 is 23.0 Å². The molecule has 1 saturated heterocycles. The lowest BCUT2D eigenvalue weighted by atomic mass is 9.86. The number of benzene rings is 1. The Bertz CT molecular complexity index is 502. The molecule has 20 heavy (non-hydrogen) atoms. The summed E-state index contributed by atoms with van der Waals surface area (Å²) in [6.45, 7) is 0.470. The van der Waals surface area contributed by atoms with Gasteiger partial charge >= 0.3 is 6.18 Å². The molecule has 1 atom stereocenters. The maximum absolute atomic E-state index is 14.0. The molecule has 2 aliphatic rings. The summed E-state index contributed by atoms with van der Waals surface area (Å²) in [5.74, 6) is -0.607. The molecule has 2 fully saturated rings. The van der Waals surface area contributed by atoms with Crippen LogP contribution in [-0.2, 0) is 21.4 Å². The summed E-state index contributed by atoms with van der Waals surface area (Å²) in [7, 11) is 0. The average Bonchev–Trinajstić information content (AvgIpc) is 3.20. The lowest BCUT2D eigenvalue weighted by Gasteiger charge is -2.30. The van der Waals surface area contributed by atoms with Crippen LogP contribution in [-0.4, -0.2) is 12.7 Å². The van der Waals surface area contributed by atoms with Crippen LogP contribution in [0, 0.1) is 5.82 Å². The zero-order chi connectivity index (χ0) is 14.4. The molecule has 2 nitrogen and oxygen atoms in total. The Hall–Kier alpha value is -1.14. The van der Waals surface area contributed by atoms with E-state index in [2.05, 4.69) is 0 Å². The monoisotopic (exact) mass is 290 g/mol.